The maximum Gasteiger partial charge on any atom is 0.223 e. The van der Waals surface area contributed by atoms with Gasteiger partial charge >= 0.3 is 0 Å². The first-order valence-electron chi connectivity index (χ1n) is 10.2. The van der Waals surface area contributed by atoms with Crippen LogP contribution in [0.15, 0.2) is 30.3 Å². The molecule has 0 spiro atoms. The van der Waals surface area contributed by atoms with Gasteiger partial charge in [0, 0.05) is 32.6 Å². The van der Waals surface area contributed by atoms with Crippen LogP contribution in [0.3, 0.4) is 0 Å². The molecule has 1 amide bonds. The highest BCUT2D eigenvalue weighted by Crippen LogP contribution is 2.16. The topological polar surface area (TPSA) is 47.0 Å². The van der Waals surface area contributed by atoms with Gasteiger partial charge in [-0.1, -0.05) is 36.8 Å². The van der Waals surface area contributed by atoms with Crippen LogP contribution >= 0.6 is 0 Å². The second-order valence-corrected chi connectivity index (χ2v) is 7.65. The zero-order valence-corrected chi connectivity index (χ0v) is 15.9. The highest BCUT2D eigenvalue weighted by molar-refractivity contribution is 5.76. The monoisotopic (exact) mass is 359 g/mol. The average Bonchev–Trinajstić information content (AvgIpc) is 2.69. The number of carbonyl (C=O) groups is 1. The second-order valence-electron chi connectivity index (χ2n) is 7.65. The van der Waals surface area contributed by atoms with Gasteiger partial charge in [0.05, 0.1) is 12.6 Å². The lowest BCUT2D eigenvalue weighted by atomic mass is 10.1. The van der Waals surface area contributed by atoms with Crippen LogP contribution in [0, 0.1) is 0 Å². The van der Waals surface area contributed by atoms with Gasteiger partial charge in [-0.05, 0) is 44.5 Å². The van der Waals surface area contributed by atoms with Crippen molar-refractivity contribution in [2.45, 2.75) is 44.7 Å². The molecule has 1 N–H and O–H groups in total. The van der Waals surface area contributed by atoms with Crippen molar-refractivity contribution < 1.29 is 9.90 Å². The molecule has 0 unspecified atom stereocenters. The Morgan fingerprint density at radius 3 is 2.50 bits per heavy atom. The Balaban J connectivity index is 1.43. The molecule has 1 aromatic rings. The van der Waals surface area contributed by atoms with Crippen LogP contribution < -0.4 is 0 Å². The number of carbonyl (C=O) groups excluding carboxylic acids is 1. The molecular weight excluding hydrogens is 326 g/mol. The van der Waals surface area contributed by atoms with Crippen LogP contribution in [0.25, 0.3) is 0 Å². The number of hydrogen-bond acceptors (Lipinski definition) is 4. The molecule has 0 saturated carbocycles. The fourth-order valence-electron chi connectivity index (χ4n) is 4.17. The average molecular weight is 360 g/mol. The number of amides is 1. The molecule has 2 aliphatic rings. The van der Waals surface area contributed by atoms with E-state index in [9.17, 15) is 9.90 Å². The third kappa shape index (κ3) is 5.53. The van der Waals surface area contributed by atoms with Crippen LogP contribution in [0.2, 0.25) is 0 Å². The molecular formula is C21H33N3O2. The largest absolute Gasteiger partial charge is 0.394 e. The van der Waals surface area contributed by atoms with Crippen molar-refractivity contribution >= 4 is 5.91 Å². The third-order valence-corrected chi connectivity index (χ3v) is 5.66. The van der Waals surface area contributed by atoms with Crippen molar-refractivity contribution in [1.29, 1.82) is 0 Å². The zero-order chi connectivity index (χ0) is 18.2. The Morgan fingerprint density at radius 1 is 1.00 bits per heavy atom. The molecule has 3 rings (SSSR count). The molecule has 1 atom stereocenters. The van der Waals surface area contributed by atoms with Crippen molar-refractivity contribution in [3.05, 3.63) is 35.9 Å². The van der Waals surface area contributed by atoms with Crippen molar-refractivity contribution in [3.63, 3.8) is 0 Å². The number of hydrogen-bond donors (Lipinski definition) is 1. The molecule has 144 valence electrons. The van der Waals surface area contributed by atoms with Crippen LogP contribution in [0.5, 0.6) is 0 Å². The molecule has 1 aromatic carbocycles. The van der Waals surface area contributed by atoms with E-state index in [0.717, 1.165) is 39.1 Å². The smallest absolute Gasteiger partial charge is 0.223 e. The minimum absolute atomic E-state index is 0.0448. The summed E-state index contributed by atoms with van der Waals surface area (Å²) < 4.78 is 0. The van der Waals surface area contributed by atoms with Crippen LogP contribution in [-0.2, 0) is 11.3 Å². The number of aliphatic hydroxyl groups is 1. The number of piperidine rings is 1. The summed E-state index contributed by atoms with van der Waals surface area (Å²) in [6, 6.07) is 10.3. The van der Waals surface area contributed by atoms with Gasteiger partial charge in [-0.25, -0.2) is 0 Å². The van der Waals surface area contributed by atoms with Gasteiger partial charge in [-0.2, -0.15) is 0 Å². The molecule has 26 heavy (non-hydrogen) atoms. The predicted molar refractivity (Wildman–Crippen MR) is 104 cm³/mol. The van der Waals surface area contributed by atoms with Gasteiger partial charge in [-0.3, -0.25) is 9.69 Å². The van der Waals surface area contributed by atoms with E-state index >= 15 is 0 Å². The Hall–Kier alpha value is -1.43. The van der Waals surface area contributed by atoms with Gasteiger partial charge in [0.2, 0.25) is 5.91 Å². The summed E-state index contributed by atoms with van der Waals surface area (Å²) in [7, 11) is 0. The van der Waals surface area contributed by atoms with E-state index in [0.29, 0.717) is 6.42 Å². The standard InChI is InChI=1S/C21H33N3O2/c25-18-20-17-23(16-19-8-3-1-4-9-19)14-15-24(20)21(26)10-7-13-22-11-5-2-6-12-22/h1,3-4,8-9,20,25H,2,5-7,10-18H2/t20-/m1/s1. The lowest BCUT2D eigenvalue weighted by Crippen LogP contribution is -2.56. The van der Waals surface area contributed by atoms with E-state index in [2.05, 4.69) is 34.1 Å². The Morgan fingerprint density at radius 2 is 1.77 bits per heavy atom. The molecule has 0 bridgehead atoms. The fraction of sp³-hybridized carbons (Fsp3) is 0.667. The van der Waals surface area contributed by atoms with E-state index in [1.807, 2.05) is 11.0 Å². The molecule has 0 aliphatic carbocycles. The third-order valence-electron chi connectivity index (χ3n) is 5.66. The summed E-state index contributed by atoms with van der Waals surface area (Å²) >= 11 is 0. The molecule has 0 radical (unpaired) electrons. The Bertz CT molecular complexity index is 545. The summed E-state index contributed by atoms with van der Waals surface area (Å²) in [5, 5.41) is 9.79. The quantitative estimate of drug-likeness (QED) is 0.808. The summed E-state index contributed by atoms with van der Waals surface area (Å²) in [6.45, 7) is 6.69. The predicted octanol–water partition coefficient (Wildman–Crippen LogP) is 1.96. The van der Waals surface area contributed by atoms with Crippen LogP contribution in [0.4, 0.5) is 0 Å². The van der Waals surface area contributed by atoms with Crippen molar-refractivity contribution in [2.75, 3.05) is 45.9 Å². The van der Waals surface area contributed by atoms with Crippen molar-refractivity contribution in [3.8, 4) is 0 Å². The molecule has 5 nitrogen and oxygen atoms in total. The fourth-order valence-corrected chi connectivity index (χ4v) is 4.17. The molecule has 2 heterocycles. The zero-order valence-electron chi connectivity index (χ0n) is 15.9. The maximum absolute atomic E-state index is 12.7. The number of benzene rings is 1. The lowest BCUT2D eigenvalue weighted by molar-refractivity contribution is -0.137. The number of nitrogens with zero attached hydrogens (tertiary/aromatic N) is 3. The molecule has 2 saturated heterocycles. The Labute approximate surface area is 157 Å². The van der Waals surface area contributed by atoms with E-state index in [-0.39, 0.29) is 18.6 Å². The molecule has 2 fully saturated rings. The highest BCUT2D eigenvalue weighted by Gasteiger charge is 2.29. The minimum Gasteiger partial charge on any atom is -0.394 e. The van der Waals surface area contributed by atoms with Crippen molar-refractivity contribution in [2.24, 2.45) is 0 Å². The first-order chi connectivity index (χ1) is 12.8. The van der Waals surface area contributed by atoms with E-state index in [4.69, 9.17) is 0 Å². The summed E-state index contributed by atoms with van der Waals surface area (Å²) in [4.78, 5) is 19.4. The number of likely N-dealkylation sites (tertiary alicyclic amines) is 1. The van der Waals surface area contributed by atoms with Gasteiger partial charge in [0.25, 0.3) is 0 Å². The summed E-state index contributed by atoms with van der Waals surface area (Å²) in [5.74, 6) is 0.209. The number of rotatable bonds is 7. The minimum atomic E-state index is -0.0741. The van der Waals surface area contributed by atoms with Gasteiger partial charge < -0.3 is 14.9 Å². The van der Waals surface area contributed by atoms with Gasteiger partial charge in [-0.15, -0.1) is 0 Å². The SMILES string of the molecule is O=C(CCCN1CCCCC1)N1CCN(Cc2ccccc2)C[C@@H]1CO. The molecule has 2 aliphatic heterocycles. The van der Waals surface area contributed by atoms with Gasteiger partial charge in [0.1, 0.15) is 0 Å². The summed E-state index contributed by atoms with van der Waals surface area (Å²) in [6.07, 6.45) is 5.47. The van der Waals surface area contributed by atoms with E-state index < -0.39 is 0 Å². The summed E-state index contributed by atoms with van der Waals surface area (Å²) in [5.41, 5.74) is 1.28. The van der Waals surface area contributed by atoms with E-state index in [1.54, 1.807) is 0 Å². The first kappa shape index (κ1) is 19.3. The van der Waals surface area contributed by atoms with Gasteiger partial charge in [0.15, 0.2) is 0 Å². The van der Waals surface area contributed by atoms with E-state index in [1.165, 1.54) is 37.9 Å². The molecule has 5 heteroatoms. The maximum atomic E-state index is 12.7. The lowest BCUT2D eigenvalue weighted by Gasteiger charge is -2.41. The highest BCUT2D eigenvalue weighted by atomic mass is 16.3. The second kappa shape index (κ2) is 10.0. The normalized spacial score (nSPS) is 22.5. The van der Waals surface area contributed by atoms with Crippen molar-refractivity contribution in [1.82, 2.24) is 14.7 Å². The Kier molecular flexibility index (Phi) is 7.47. The first-order valence-corrected chi connectivity index (χ1v) is 10.2. The van der Waals surface area contributed by atoms with Crippen LogP contribution in [0.1, 0.15) is 37.7 Å². The van der Waals surface area contributed by atoms with Crippen LogP contribution in [-0.4, -0.2) is 77.6 Å². The molecule has 0 aromatic heterocycles. The number of piperazine rings is 1. The number of aliphatic hydroxyl groups excluding tert-OH is 1.